The Hall–Kier alpha value is -2.41. The van der Waals surface area contributed by atoms with Crippen LogP contribution >= 0.6 is 7.60 Å². The number of amides is 1. The van der Waals surface area contributed by atoms with Crippen LogP contribution in [-0.2, 0) is 4.57 Å². The van der Waals surface area contributed by atoms with Gasteiger partial charge in [0, 0.05) is 17.8 Å². The highest BCUT2D eigenvalue weighted by atomic mass is 31.2. The average Bonchev–Trinajstić information content (AvgIpc) is 3.19. The second-order valence-electron chi connectivity index (χ2n) is 7.72. The van der Waals surface area contributed by atoms with E-state index in [1.165, 1.54) is 25.0 Å². The minimum atomic E-state index is -4.38. The molecule has 0 spiro atoms. The summed E-state index contributed by atoms with van der Waals surface area (Å²) >= 11 is 0. The molecule has 1 amide bonds. The van der Waals surface area contributed by atoms with Crippen LogP contribution in [0.25, 0.3) is 0 Å². The molecule has 1 aliphatic carbocycles. The molecule has 0 bridgehead atoms. The van der Waals surface area contributed by atoms with E-state index < -0.39 is 13.5 Å². The lowest BCUT2D eigenvalue weighted by Gasteiger charge is -2.16. The molecule has 3 N–H and O–H groups in total. The van der Waals surface area contributed by atoms with Crippen LogP contribution in [0, 0.1) is 5.92 Å². The fraction of sp³-hybridized carbons (Fsp3) is 0.429. The van der Waals surface area contributed by atoms with Gasteiger partial charge in [0.05, 0.1) is 18.0 Å². The Labute approximate surface area is 175 Å². The molecule has 9 heteroatoms. The summed E-state index contributed by atoms with van der Waals surface area (Å²) in [5.41, 5.74) is 0.343. The van der Waals surface area contributed by atoms with Crippen molar-refractivity contribution in [3.8, 4) is 11.5 Å². The predicted molar refractivity (Wildman–Crippen MR) is 114 cm³/mol. The molecule has 0 aliphatic heterocycles. The molecule has 0 atom stereocenters. The molecule has 1 aromatic carbocycles. The van der Waals surface area contributed by atoms with Gasteiger partial charge in [0.25, 0.3) is 5.91 Å². The molecule has 1 aliphatic rings. The second kappa shape index (κ2) is 9.60. The number of carbonyl (C=O) groups is 1. The van der Waals surface area contributed by atoms with Gasteiger partial charge in [0.2, 0.25) is 0 Å². The number of rotatable bonds is 8. The van der Waals surface area contributed by atoms with E-state index in [9.17, 15) is 9.36 Å². The summed E-state index contributed by atoms with van der Waals surface area (Å²) in [4.78, 5) is 35.0. The van der Waals surface area contributed by atoms with Crippen molar-refractivity contribution in [2.45, 2.75) is 45.6 Å². The standard InChI is InChI=1S/C21H27N2O6P/c1-14(2)29-18-10-16(9-17(11-18)28-13-15-5-3-4-6-15)21(24)23-20-8-7-19(12-22-20)30(25,26)27/h7-12,14-15H,3-6,13H2,1-2H3,(H,22,23,24)(H2,25,26,27). The topological polar surface area (TPSA) is 118 Å². The van der Waals surface area contributed by atoms with Crippen molar-refractivity contribution in [3.63, 3.8) is 0 Å². The van der Waals surface area contributed by atoms with Gasteiger partial charge >= 0.3 is 7.60 Å². The first-order valence-electron chi connectivity index (χ1n) is 9.99. The summed E-state index contributed by atoms with van der Waals surface area (Å²) in [7, 11) is -4.38. The first-order chi connectivity index (χ1) is 14.2. The van der Waals surface area contributed by atoms with Gasteiger partial charge in [-0.3, -0.25) is 9.36 Å². The van der Waals surface area contributed by atoms with Crippen molar-refractivity contribution in [2.24, 2.45) is 5.92 Å². The number of nitrogens with one attached hydrogen (secondary N) is 1. The maximum absolute atomic E-state index is 12.7. The van der Waals surface area contributed by atoms with E-state index in [4.69, 9.17) is 19.3 Å². The first-order valence-corrected chi connectivity index (χ1v) is 11.6. The van der Waals surface area contributed by atoms with Crippen LogP contribution in [0.2, 0.25) is 0 Å². The maximum atomic E-state index is 12.7. The molecule has 0 saturated heterocycles. The Morgan fingerprint density at radius 1 is 1.20 bits per heavy atom. The van der Waals surface area contributed by atoms with Gasteiger partial charge in [0.1, 0.15) is 17.3 Å². The van der Waals surface area contributed by atoms with Gasteiger partial charge in [-0.1, -0.05) is 12.8 Å². The Kier molecular flexibility index (Phi) is 7.13. The molecule has 1 heterocycles. The highest BCUT2D eigenvalue weighted by Crippen LogP contribution is 2.33. The molecule has 1 aromatic heterocycles. The highest BCUT2D eigenvalue weighted by molar-refractivity contribution is 7.60. The lowest BCUT2D eigenvalue weighted by molar-refractivity contribution is 0.102. The zero-order valence-electron chi connectivity index (χ0n) is 17.1. The summed E-state index contributed by atoms with van der Waals surface area (Å²) < 4.78 is 22.9. The smallest absolute Gasteiger partial charge is 0.357 e. The number of pyridine rings is 1. The summed E-state index contributed by atoms with van der Waals surface area (Å²) in [6, 6.07) is 7.64. The quantitative estimate of drug-likeness (QED) is 0.544. The second-order valence-corrected chi connectivity index (χ2v) is 9.33. The summed E-state index contributed by atoms with van der Waals surface area (Å²) in [5.74, 6) is 1.39. The first kappa shape index (κ1) is 22.3. The van der Waals surface area contributed by atoms with E-state index in [-0.39, 0.29) is 17.2 Å². The van der Waals surface area contributed by atoms with Crippen LogP contribution in [0.4, 0.5) is 5.82 Å². The number of ether oxygens (including phenoxy) is 2. The lowest BCUT2D eigenvalue weighted by atomic mass is 10.1. The molecule has 1 saturated carbocycles. The highest BCUT2D eigenvalue weighted by Gasteiger charge is 2.19. The van der Waals surface area contributed by atoms with Crippen molar-refractivity contribution in [1.29, 1.82) is 0 Å². The average molecular weight is 434 g/mol. The third-order valence-electron chi connectivity index (χ3n) is 4.80. The van der Waals surface area contributed by atoms with Crippen LogP contribution in [0.5, 0.6) is 11.5 Å². The molecular formula is C21H27N2O6P. The number of carbonyl (C=O) groups excluding carboxylic acids is 1. The van der Waals surface area contributed by atoms with Crippen LogP contribution in [-0.4, -0.2) is 33.4 Å². The fourth-order valence-electron chi connectivity index (χ4n) is 3.34. The minimum Gasteiger partial charge on any atom is -0.493 e. The van der Waals surface area contributed by atoms with Crippen molar-refractivity contribution in [1.82, 2.24) is 4.98 Å². The van der Waals surface area contributed by atoms with Crippen LogP contribution in [0.1, 0.15) is 49.9 Å². The largest absolute Gasteiger partial charge is 0.493 e. The molecular weight excluding hydrogens is 407 g/mol. The molecule has 3 rings (SSSR count). The zero-order valence-corrected chi connectivity index (χ0v) is 18.0. The predicted octanol–water partition coefficient (Wildman–Crippen LogP) is 3.49. The van der Waals surface area contributed by atoms with Gasteiger partial charge in [-0.25, -0.2) is 4.98 Å². The fourth-order valence-corrected chi connectivity index (χ4v) is 3.82. The minimum absolute atomic E-state index is 0.0622. The SMILES string of the molecule is CC(C)Oc1cc(OCC2CCCC2)cc(C(=O)Nc2ccc(P(=O)(O)O)cn2)c1. The third kappa shape index (κ3) is 6.29. The van der Waals surface area contributed by atoms with E-state index in [0.29, 0.717) is 29.6 Å². The van der Waals surface area contributed by atoms with Crippen LogP contribution in [0.3, 0.4) is 0 Å². The van der Waals surface area contributed by atoms with Crippen LogP contribution in [0.15, 0.2) is 36.5 Å². The number of hydrogen-bond acceptors (Lipinski definition) is 5. The van der Waals surface area contributed by atoms with Gasteiger partial charge in [0.15, 0.2) is 0 Å². The van der Waals surface area contributed by atoms with E-state index in [2.05, 4.69) is 10.3 Å². The molecule has 1 fully saturated rings. The number of anilines is 1. The van der Waals surface area contributed by atoms with Gasteiger partial charge in [-0.2, -0.15) is 0 Å². The number of nitrogens with zero attached hydrogens (tertiary/aromatic N) is 1. The van der Waals surface area contributed by atoms with Gasteiger partial charge in [-0.15, -0.1) is 0 Å². The van der Waals surface area contributed by atoms with Crippen molar-refractivity contribution < 1.29 is 28.6 Å². The molecule has 162 valence electrons. The van der Waals surface area contributed by atoms with Crippen molar-refractivity contribution in [2.75, 3.05) is 11.9 Å². The Morgan fingerprint density at radius 3 is 2.50 bits per heavy atom. The Bertz CT molecular complexity index is 920. The normalized spacial score (nSPS) is 14.7. The van der Waals surface area contributed by atoms with E-state index >= 15 is 0 Å². The lowest BCUT2D eigenvalue weighted by Crippen LogP contribution is -2.16. The Balaban J connectivity index is 1.75. The van der Waals surface area contributed by atoms with Crippen molar-refractivity contribution >= 4 is 24.6 Å². The third-order valence-corrected chi connectivity index (χ3v) is 5.74. The number of aromatic nitrogens is 1. The molecule has 0 radical (unpaired) electrons. The molecule has 30 heavy (non-hydrogen) atoms. The summed E-state index contributed by atoms with van der Waals surface area (Å²) in [6.07, 6.45) is 5.76. The van der Waals surface area contributed by atoms with E-state index in [1.807, 2.05) is 13.8 Å². The summed E-state index contributed by atoms with van der Waals surface area (Å²) in [6.45, 7) is 4.41. The number of hydrogen-bond donors (Lipinski definition) is 3. The van der Waals surface area contributed by atoms with Gasteiger partial charge in [-0.05, 0) is 56.9 Å². The van der Waals surface area contributed by atoms with Crippen molar-refractivity contribution in [3.05, 3.63) is 42.1 Å². The van der Waals surface area contributed by atoms with Crippen LogP contribution < -0.4 is 20.1 Å². The monoisotopic (exact) mass is 434 g/mol. The molecule has 0 unspecified atom stereocenters. The van der Waals surface area contributed by atoms with Gasteiger partial charge < -0.3 is 24.6 Å². The molecule has 8 nitrogen and oxygen atoms in total. The maximum Gasteiger partial charge on any atom is 0.357 e. The zero-order chi connectivity index (χ0) is 21.7. The molecule has 2 aromatic rings. The summed E-state index contributed by atoms with van der Waals surface area (Å²) in [5, 5.41) is 2.42. The van der Waals surface area contributed by atoms with E-state index in [0.717, 1.165) is 19.0 Å². The number of benzene rings is 1. The van der Waals surface area contributed by atoms with E-state index in [1.54, 1.807) is 18.2 Å². The Morgan fingerprint density at radius 2 is 1.90 bits per heavy atom.